The van der Waals surface area contributed by atoms with E-state index in [-0.39, 0.29) is 18.4 Å². The molecule has 1 heterocycles. The number of methoxy groups -OCH3 is 2. The smallest absolute Gasteiger partial charge is 0.328 e. The van der Waals surface area contributed by atoms with Crippen LogP contribution in [0, 0.1) is 19.3 Å². The largest absolute Gasteiger partial charge is 0.491 e. The summed E-state index contributed by atoms with van der Waals surface area (Å²) in [6, 6.07) is 7.11. The molecule has 3 atom stereocenters. The maximum absolute atomic E-state index is 12.9. The molecule has 0 aliphatic carbocycles. The van der Waals surface area contributed by atoms with Gasteiger partial charge in [0.15, 0.2) is 0 Å². The van der Waals surface area contributed by atoms with Gasteiger partial charge in [-0.2, -0.15) is 0 Å². The molecule has 0 fully saturated rings. The molecule has 0 radical (unpaired) electrons. The zero-order valence-electron chi connectivity index (χ0n) is 24.4. The Hall–Kier alpha value is -2.91. The van der Waals surface area contributed by atoms with Crippen molar-refractivity contribution in [3.63, 3.8) is 0 Å². The molecule has 3 unspecified atom stereocenters. The summed E-state index contributed by atoms with van der Waals surface area (Å²) >= 11 is 1.39. The molecular weight excluding hydrogens is 518 g/mol. The van der Waals surface area contributed by atoms with E-state index in [1.165, 1.54) is 31.1 Å². The van der Waals surface area contributed by atoms with Crippen LogP contribution < -0.4 is 10.1 Å². The average Bonchev–Trinajstić information content (AvgIpc) is 3.26. The highest BCUT2D eigenvalue weighted by Crippen LogP contribution is 2.32. The minimum absolute atomic E-state index is 0.242. The van der Waals surface area contributed by atoms with Crippen molar-refractivity contribution in [3.8, 4) is 5.75 Å². The fourth-order valence-corrected chi connectivity index (χ4v) is 5.23. The van der Waals surface area contributed by atoms with Gasteiger partial charge in [-0.25, -0.2) is 4.79 Å². The Balaban J connectivity index is 2.05. The molecule has 2 aromatic rings. The Morgan fingerprint density at radius 1 is 1.05 bits per heavy atom. The first-order valence-corrected chi connectivity index (χ1v) is 14.1. The second-order valence-corrected chi connectivity index (χ2v) is 12.1. The van der Waals surface area contributed by atoms with Crippen LogP contribution in [0.5, 0.6) is 5.75 Å². The molecule has 216 valence electrons. The number of carbonyl (C=O) groups is 3. The van der Waals surface area contributed by atoms with Crippen molar-refractivity contribution in [1.82, 2.24) is 5.32 Å². The van der Waals surface area contributed by atoms with Crippen LogP contribution in [0.15, 0.2) is 24.3 Å². The standard InChI is InChI=1S/C30H43NO7S/c1-9-20(21-11-13-24(18(2)14-21)38-17-25(32)30(4,5)6)10-12-22-15-19(3)27(39-22)28(34)31-23(29(35)37-8)16-26(33)36-7/h11,13-15,20,23,25,32H,9-10,12,16-17H2,1-8H3,(H,31,34). The first kappa shape index (κ1) is 32.3. The number of thiophene rings is 1. The third kappa shape index (κ3) is 9.35. The van der Waals surface area contributed by atoms with E-state index in [1.54, 1.807) is 0 Å². The van der Waals surface area contributed by atoms with Gasteiger partial charge in [0.1, 0.15) is 18.4 Å². The molecule has 0 aliphatic rings. The summed E-state index contributed by atoms with van der Waals surface area (Å²) in [4.78, 5) is 38.2. The maximum atomic E-state index is 12.9. The number of nitrogens with one attached hydrogen (secondary N) is 1. The quantitative estimate of drug-likeness (QED) is 0.327. The predicted octanol–water partition coefficient (Wildman–Crippen LogP) is 5.11. The van der Waals surface area contributed by atoms with Gasteiger partial charge in [-0.05, 0) is 73.3 Å². The van der Waals surface area contributed by atoms with E-state index >= 15 is 0 Å². The number of amides is 1. The fraction of sp³-hybridized carbons (Fsp3) is 0.567. The first-order valence-electron chi connectivity index (χ1n) is 13.3. The van der Waals surface area contributed by atoms with Crippen molar-refractivity contribution in [2.45, 2.75) is 85.3 Å². The molecule has 2 N–H and O–H groups in total. The molecular formula is C30H43NO7S. The lowest BCUT2D eigenvalue weighted by atomic mass is 9.89. The van der Waals surface area contributed by atoms with E-state index in [0.717, 1.165) is 41.0 Å². The second kappa shape index (κ2) is 14.5. The van der Waals surface area contributed by atoms with E-state index in [4.69, 9.17) is 9.47 Å². The molecule has 9 heteroatoms. The van der Waals surface area contributed by atoms with Gasteiger partial charge in [-0.3, -0.25) is 9.59 Å². The van der Waals surface area contributed by atoms with E-state index < -0.39 is 30.0 Å². The topological polar surface area (TPSA) is 111 Å². The van der Waals surface area contributed by atoms with Gasteiger partial charge < -0.3 is 24.6 Å². The summed E-state index contributed by atoms with van der Waals surface area (Å²) in [6.45, 7) is 12.2. The number of hydrogen-bond acceptors (Lipinski definition) is 8. The molecule has 0 aliphatic heterocycles. The summed E-state index contributed by atoms with van der Waals surface area (Å²) in [7, 11) is 2.43. The zero-order chi connectivity index (χ0) is 29.3. The monoisotopic (exact) mass is 561 g/mol. The molecule has 1 amide bonds. The van der Waals surface area contributed by atoms with Crippen LogP contribution in [0.1, 0.15) is 84.1 Å². The van der Waals surface area contributed by atoms with Gasteiger partial charge in [-0.15, -0.1) is 11.3 Å². The SMILES string of the molecule is CCC(CCc1cc(C)c(C(=O)NC(CC(=O)OC)C(=O)OC)s1)c1ccc(OCC(O)C(C)(C)C)c(C)c1. The van der Waals surface area contributed by atoms with Crippen molar-refractivity contribution in [2.75, 3.05) is 20.8 Å². The summed E-state index contributed by atoms with van der Waals surface area (Å²) in [5, 5.41) is 12.9. The lowest BCUT2D eigenvalue weighted by Gasteiger charge is -2.26. The number of benzene rings is 1. The molecule has 1 aromatic heterocycles. The highest BCUT2D eigenvalue weighted by Gasteiger charge is 2.27. The van der Waals surface area contributed by atoms with Crippen LogP contribution in [0.3, 0.4) is 0 Å². The van der Waals surface area contributed by atoms with Gasteiger partial charge in [0.25, 0.3) is 5.91 Å². The Morgan fingerprint density at radius 3 is 2.31 bits per heavy atom. The van der Waals surface area contributed by atoms with Crippen LogP contribution in [-0.2, 0) is 25.5 Å². The number of esters is 2. The van der Waals surface area contributed by atoms with E-state index in [2.05, 4.69) is 29.1 Å². The molecule has 2 rings (SSSR count). The first-order chi connectivity index (χ1) is 18.3. The second-order valence-electron chi connectivity index (χ2n) is 10.9. The summed E-state index contributed by atoms with van der Waals surface area (Å²) < 4.78 is 15.2. The minimum atomic E-state index is -1.11. The summed E-state index contributed by atoms with van der Waals surface area (Å²) in [6.07, 6.45) is 1.82. The van der Waals surface area contributed by atoms with Gasteiger partial charge >= 0.3 is 11.9 Å². The third-order valence-electron chi connectivity index (χ3n) is 6.86. The van der Waals surface area contributed by atoms with Gasteiger partial charge in [0.05, 0.1) is 31.6 Å². The normalized spacial score (nSPS) is 13.8. The fourth-order valence-electron chi connectivity index (χ4n) is 4.14. The lowest BCUT2D eigenvalue weighted by Crippen LogP contribution is -2.43. The van der Waals surface area contributed by atoms with Crippen molar-refractivity contribution in [2.24, 2.45) is 5.41 Å². The van der Waals surface area contributed by atoms with Crippen molar-refractivity contribution < 1.29 is 33.7 Å². The summed E-state index contributed by atoms with van der Waals surface area (Å²) in [5.74, 6) is -0.624. The van der Waals surface area contributed by atoms with Gasteiger partial charge in [0, 0.05) is 4.88 Å². The van der Waals surface area contributed by atoms with Crippen molar-refractivity contribution in [1.29, 1.82) is 0 Å². The molecule has 8 nitrogen and oxygen atoms in total. The molecule has 0 spiro atoms. The Labute approximate surface area is 236 Å². The van der Waals surface area contributed by atoms with Crippen LogP contribution in [0.2, 0.25) is 0 Å². The van der Waals surface area contributed by atoms with Gasteiger partial charge in [-0.1, -0.05) is 39.8 Å². The zero-order valence-corrected chi connectivity index (χ0v) is 25.2. The van der Waals surface area contributed by atoms with Crippen molar-refractivity contribution in [3.05, 3.63) is 50.7 Å². The molecule has 0 bridgehead atoms. The van der Waals surface area contributed by atoms with Gasteiger partial charge in [0.2, 0.25) is 0 Å². The Bertz CT molecular complexity index is 1130. The van der Waals surface area contributed by atoms with Crippen LogP contribution in [0.4, 0.5) is 0 Å². The predicted molar refractivity (Wildman–Crippen MR) is 152 cm³/mol. The molecule has 39 heavy (non-hydrogen) atoms. The van der Waals surface area contributed by atoms with E-state index in [9.17, 15) is 19.5 Å². The number of aliphatic hydroxyl groups excluding tert-OH is 1. The maximum Gasteiger partial charge on any atom is 0.328 e. The molecule has 1 aromatic carbocycles. The number of ether oxygens (including phenoxy) is 3. The highest BCUT2D eigenvalue weighted by atomic mass is 32.1. The minimum Gasteiger partial charge on any atom is -0.491 e. The Kier molecular flexibility index (Phi) is 12.0. The van der Waals surface area contributed by atoms with Crippen LogP contribution in [0.25, 0.3) is 0 Å². The summed E-state index contributed by atoms with van der Waals surface area (Å²) in [5.41, 5.74) is 2.84. The van der Waals surface area contributed by atoms with Crippen LogP contribution in [-0.4, -0.2) is 55.9 Å². The van der Waals surface area contributed by atoms with Crippen LogP contribution >= 0.6 is 11.3 Å². The molecule has 0 saturated heterocycles. The van der Waals surface area contributed by atoms with E-state index in [1.807, 2.05) is 46.8 Å². The number of aliphatic hydroxyl groups is 1. The van der Waals surface area contributed by atoms with E-state index in [0.29, 0.717) is 10.8 Å². The number of carbonyl (C=O) groups excluding carboxylic acids is 3. The number of aryl methyl sites for hydroxylation is 3. The lowest BCUT2D eigenvalue weighted by molar-refractivity contribution is -0.149. The average molecular weight is 562 g/mol. The van der Waals surface area contributed by atoms with Crippen molar-refractivity contribution >= 4 is 29.2 Å². The third-order valence-corrected chi connectivity index (χ3v) is 8.16. The number of rotatable bonds is 13. The number of hydrogen-bond donors (Lipinski definition) is 2. The highest BCUT2D eigenvalue weighted by molar-refractivity contribution is 7.14. The molecule has 0 saturated carbocycles. The Morgan fingerprint density at radius 2 is 1.74 bits per heavy atom.